The molecule has 1 spiro atoms. The van der Waals surface area contributed by atoms with Gasteiger partial charge in [-0.3, -0.25) is 19.3 Å². The maximum absolute atomic E-state index is 12.9. The van der Waals surface area contributed by atoms with E-state index in [9.17, 15) is 19.2 Å². The molecule has 2 aliphatic heterocycles. The molecule has 1 saturated carbocycles. The van der Waals surface area contributed by atoms with Crippen LogP contribution < -0.4 is 16.4 Å². The molecule has 0 aromatic heterocycles. The summed E-state index contributed by atoms with van der Waals surface area (Å²) in [6, 6.07) is 6.07. The minimum atomic E-state index is -0.902. The molecule has 3 aliphatic rings. The number of nitrogens with zero attached hydrogens (tertiary/aromatic N) is 2. The molecule has 32 heavy (non-hydrogen) atoms. The quantitative estimate of drug-likeness (QED) is 0.578. The van der Waals surface area contributed by atoms with Crippen LogP contribution in [-0.2, 0) is 20.9 Å². The molecule has 9 heteroatoms. The van der Waals surface area contributed by atoms with Crippen molar-refractivity contribution in [1.82, 2.24) is 15.1 Å². The molecule has 1 aromatic carbocycles. The Labute approximate surface area is 187 Å². The summed E-state index contributed by atoms with van der Waals surface area (Å²) < 4.78 is 0. The predicted molar refractivity (Wildman–Crippen MR) is 118 cm³/mol. The number of amides is 5. The van der Waals surface area contributed by atoms with Crippen molar-refractivity contribution in [2.45, 2.75) is 63.6 Å². The third kappa shape index (κ3) is 4.34. The number of likely N-dealkylation sites (tertiary alicyclic amines) is 1. The largest absolute Gasteiger partial charge is 0.369 e. The van der Waals surface area contributed by atoms with Crippen LogP contribution >= 0.6 is 0 Å². The van der Waals surface area contributed by atoms with Crippen LogP contribution in [0, 0.1) is 5.92 Å². The van der Waals surface area contributed by atoms with Gasteiger partial charge in [-0.1, -0.05) is 25.0 Å². The van der Waals surface area contributed by atoms with Crippen LogP contribution in [0.2, 0.25) is 0 Å². The molecule has 1 aromatic rings. The number of benzene rings is 1. The molecule has 4 rings (SSSR count). The Morgan fingerprint density at radius 1 is 1.19 bits per heavy atom. The van der Waals surface area contributed by atoms with Gasteiger partial charge in [0.05, 0.1) is 5.92 Å². The number of piperidine rings is 1. The van der Waals surface area contributed by atoms with Gasteiger partial charge in [-0.05, 0) is 56.8 Å². The molecule has 5 amide bonds. The summed E-state index contributed by atoms with van der Waals surface area (Å²) in [7, 11) is 0. The van der Waals surface area contributed by atoms with Crippen molar-refractivity contribution < 1.29 is 19.2 Å². The zero-order valence-corrected chi connectivity index (χ0v) is 18.4. The van der Waals surface area contributed by atoms with Crippen LogP contribution in [0.4, 0.5) is 10.5 Å². The number of urea groups is 1. The predicted octanol–water partition coefficient (Wildman–Crippen LogP) is 1.58. The fourth-order valence-corrected chi connectivity index (χ4v) is 5.06. The standard InChI is InChI=1S/C23H31N5O4/c1-15(28-21(31)23(26-22(28)32)10-2-3-11-23)20(30)25-18-8-6-16(7-9-18)13-27-12-4-5-17(14-27)19(24)29/h6-9,15,17H,2-5,10-14H2,1H3,(H2,24,29)(H,25,30)(H,26,32). The molecule has 0 radical (unpaired) electrons. The van der Waals surface area contributed by atoms with E-state index in [0.717, 1.165) is 42.7 Å². The second-order valence-electron chi connectivity index (χ2n) is 9.23. The summed E-state index contributed by atoms with van der Waals surface area (Å²) in [5.41, 5.74) is 6.30. The highest BCUT2D eigenvalue weighted by Gasteiger charge is 2.54. The van der Waals surface area contributed by atoms with Gasteiger partial charge in [-0.2, -0.15) is 0 Å². The van der Waals surface area contributed by atoms with Crippen molar-refractivity contribution >= 4 is 29.4 Å². The summed E-state index contributed by atoms with van der Waals surface area (Å²) in [6.45, 7) is 3.87. The Hall–Kier alpha value is -2.94. The zero-order valence-electron chi connectivity index (χ0n) is 18.4. The van der Waals surface area contributed by atoms with Crippen LogP contribution in [0.3, 0.4) is 0 Å². The first-order valence-corrected chi connectivity index (χ1v) is 11.4. The first-order valence-electron chi connectivity index (χ1n) is 11.4. The van der Waals surface area contributed by atoms with E-state index in [-0.39, 0.29) is 17.7 Å². The highest BCUT2D eigenvalue weighted by Crippen LogP contribution is 2.35. The average Bonchev–Trinajstić information content (AvgIpc) is 3.33. The second-order valence-corrected chi connectivity index (χ2v) is 9.23. The second kappa shape index (κ2) is 8.90. The van der Waals surface area contributed by atoms with E-state index in [4.69, 9.17) is 5.73 Å². The Kier molecular flexibility index (Phi) is 6.19. The molecular weight excluding hydrogens is 410 g/mol. The number of hydrogen-bond acceptors (Lipinski definition) is 5. The number of nitrogens with two attached hydrogens (primary N) is 1. The van der Waals surface area contributed by atoms with Crippen LogP contribution in [0.25, 0.3) is 0 Å². The van der Waals surface area contributed by atoms with E-state index in [1.807, 2.05) is 12.1 Å². The van der Waals surface area contributed by atoms with Crippen molar-refractivity contribution in [1.29, 1.82) is 0 Å². The smallest absolute Gasteiger partial charge is 0.325 e. The summed E-state index contributed by atoms with van der Waals surface area (Å²) in [5.74, 6) is -1.05. The van der Waals surface area contributed by atoms with E-state index in [1.54, 1.807) is 19.1 Å². The third-order valence-corrected chi connectivity index (χ3v) is 6.95. The van der Waals surface area contributed by atoms with Gasteiger partial charge in [0.15, 0.2) is 0 Å². The topological polar surface area (TPSA) is 125 Å². The number of carbonyl (C=O) groups is 4. The van der Waals surface area contributed by atoms with Gasteiger partial charge < -0.3 is 16.4 Å². The maximum Gasteiger partial charge on any atom is 0.325 e. The summed E-state index contributed by atoms with van der Waals surface area (Å²) in [6.07, 6.45) is 4.83. The van der Waals surface area contributed by atoms with Gasteiger partial charge in [0, 0.05) is 18.8 Å². The maximum atomic E-state index is 12.9. The molecule has 0 bridgehead atoms. The van der Waals surface area contributed by atoms with Gasteiger partial charge in [-0.15, -0.1) is 0 Å². The minimum absolute atomic E-state index is 0.0994. The molecule has 4 N–H and O–H groups in total. The highest BCUT2D eigenvalue weighted by molar-refractivity contribution is 6.11. The molecule has 2 atom stereocenters. The molecule has 172 valence electrons. The number of anilines is 1. The third-order valence-electron chi connectivity index (χ3n) is 6.95. The van der Waals surface area contributed by atoms with Crippen molar-refractivity contribution in [3.8, 4) is 0 Å². The Bertz CT molecular complexity index is 909. The van der Waals surface area contributed by atoms with Crippen molar-refractivity contribution in [3.05, 3.63) is 29.8 Å². The number of rotatable bonds is 6. The SMILES string of the molecule is CC(C(=O)Nc1ccc(CN2CCCC(C(N)=O)C2)cc1)N1C(=O)NC2(CCCC2)C1=O. The van der Waals surface area contributed by atoms with Crippen LogP contribution in [0.1, 0.15) is 51.0 Å². The first kappa shape index (κ1) is 22.3. The van der Waals surface area contributed by atoms with Crippen molar-refractivity contribution in [2.24, 2.45) is 11.7 Å². The zero-order chi connectivity index (χ0) is 22.9. The Balaban J connectivity index is 1.34. The molecule has 3 fully saturated rings. The van der Waals surface area contributed by atoms with E-state index >= 15 is 0 Å². The minimum Gasteiger partial charge on any atom is -0.369 e. The molecule has 2 heterocycles. The Morgan fingerprint density at radius 3 is 2.53 bits per heavy atom. The number of imide groups is 1. The lowest BCUT2D eigenvalue weighted by molar-refractivity contribution is -0.136. The van der Waals surface area contributed by atoms with Gasteiger partial charge in [0.25, 0.3) is 5.91 Å². The fourth-order valence-electron chi connectivity index (χ4n) is 5.06. The van der Waals surface area contributed by atoms with Crippen LogP contribution in [-0.4, -0.2) is 58.2 Å². The monoisotopic (exact) mass is 441 g/mol. The lowest BCUT2D eigenvalue weighted by Crippen LogP contribution is -2.48. The molecule has 2 unspecified atom stereocenters. The summed E-state index contributed by atoms with van der Waals surface area (Å²) >= 11 is 0. The van der Waals surface area contributed by atoms with Crippen LogP contribution in [0.5, 0.6) is 0 Å². The van der Waals surface area contributed by atoms with Crippen LogP contribution in [0.15, 0.2) is 24.3 Å². The molecular formula is C23H31N5O4. The van der Waals surface area contributed by atoms with Gasteiger partial charge in [0.2, 0.25) is 11.8 Å². The highest BCUT2D eigenvalue weighted by atomic mass is 16.2. The molecule has 9 nitrogen and oxygen atoms in total. The lowest BCUT2D eigenvalue weighted by atomic mass is 9.97. The number of primary amides is 1. The van der Waals surface area contributed by atoms with E-state index in [1.165, 1.54) is 0 Å². The van der Waals surface area contributed by atoms with E-state index < -0.39 is 23.5 Å². The van der Waals surface area contributed by atoms with Crippen molar-refractivity contribution in [2.75, 3.05) is 18.4 Å². The van der Waals surface area contributed by atoms with E-state index in [2.05, 4.69) is 15.5 Å². The normalized spacial score (nSPS) is 23.9. The van der Waals surface area contributed by atoms with Crippen molar-refractivity contribution in [3.63, 3.8) is 0 Å². The Morgan fingerprint density at radius 2 is 1.88 bits per heavy atom. The van der Waals surface area contributed by atoms with Gasteiger partial charge in [-0.25, -0.2) is 9.69 Å². The van der Waals surface area contributed by atoms with Gasteiger partial charge >= 0.3 is 6.03 Å². The number of nitrogens with one attached hydrogen (secondary N) is 2. The average molecular weight is 442 g/mol. The fraction of sp³-hybridized carbons (Fsp3) is 0.565. The lowest BCUT2D eigenvalue weighted by Gasteiger charge is -2.31. The number of carbonyl (C=O) groups excluding carboxylic acids is 4. The molecule has 2 saturated heterocycles. The first-order chi connectivity index (χ1) is 15.3. The van der Waals surface area contributed by atoms with Gasteiger partial charge in [0.1, 0.15) is 11.6 Å². The number of hydrogen-bond donors (Lipinski definition) is 3. The van der Waals surface area contributed by atoms with E-state index in [0.29, 0.717) is 31.6 Å². The summed E-state index contributed by atoms with van der Waals surface area (Å²) in [5, 5.41) is 5.61. The molecule has 1 aliphatic carbocycles. The summed E-state index contributed by atoms with van der Waals surface area (Å²) in [4.78, 5) is 52.8.